The van der Waals surface area contributed by atoms with Gasteiger partial charge >= 0.3 is 5.97 Å². The lowest BCUT2D eigenvalue weighted by Crippen LogP contribution is -2.33. The average Bonchev–Trinajstić information content (AvgIpc) is 2.52. The first-order chi connectivity index (χ1) is 10.6. The fourth-order valence-corrected chi connectivity index (χ4v) is 2.77. The van der Waals surface area contributed by atoms with Gasteiger partial charge < -0.3 is 20.1 Å². The lowest BCUT2D eigenvalue weighted by atomic mass is 9.98. The Morgan fingerprint density at radius 2 is 2.14 bits per heavy atom. The maximum absolute atomic E-state index is 10.5. The highest BCUT2D eigenvalue weighted by atomic mass is 16.5. The second-order valence-electron chi connectivity index (χ2n) is 6.00. The summed E-state index contributed by atoms with van der Waals surface area (Å²) in [7, 11) is 1.70. The zero-order valence-electron chi connectivity index (χ0n) is 13.5. The summed E-state index contributed by atoms with van der Waals surface area (Å²) >= 11 is 0. The van der Waals surface area contributed by atoms with Crippen molar-refractivity contribution < 1.29 is 14.6 Å². The number of methoxy groups -OCH3 is 1. The molecule has 22 heavy (non-hydrogen) atoms. The molecule has 0 atom stereocenters. The van der Waals surface area contributed by atoms with Crippen molar-refractivity contribution in [2.75, 3.05) is 31.6 Å². The molecule has 1 fully saturated rings. The minimum atomic E-state index is -0.778. The minimum absolute atomic E-state index is 0.140. The van der Waals surface area contributed by atoms with Gasteiger partial charge in [0.05, 0.1) is 19.2 Å². The molecule has 0 spiro atoms. The van der Waals surface area contributed by atoms with Crippen LogP contribution < -0.4 is 15.0 Å². The summed E-state index contributed by atoms with van der Waals surface area (Å²) in [5.74, 6) is 0.923. The van der Waals surface area contributed by atoms with Crippen LogP contribution in [0.1, 0.15) is 31.7 Å². The van der Waals surface area contributed by atoms with E-state index in [1.165, 1.54) is 12.8 Å². The highest BCUT2D eigenvalue weighted by molar-refractivity contribution is 5.66. The molecule has 5 heteroatoms. The number of anilines is 1. The van der Waals surface area contributed by atoms with Crippen LogP contribution >= 0.6 is 0 Å². The summed E-state index contributed by atoms with van der Waals surface area (Å²) in [6.07, 6.45) is 2.59. The van der Waals surface area contributed by atoms with Gasteiger partial charge in [-0.15, -0.1) is 0 Å². The number of aliphatic carboxylic acids is 1. The molecule has 0 aromatic heterocycles. The summed E-state index contributed by atoms with van der Waals surface area (Å²) < 4.78 is 5.55. The van der Waals surface area contributed by atoms with Crippen LogP contribution in [0.3, 0.4) is 0 Å². The lowest BCUT2D eigenvalue weighted by molar-refractivity contribution is -0.136. The van der Waals surface area contributed by atoms with Crippen LogP contribution in [0.5, 0.6) is 5.75 Å². The first-order valence-electron chi connectivity index (χ1n) is 7.94. The fourth-order valence-electron chi connectivity index (χ4n) is 2.77. The Hall–Kier alpha value is -1.75. The van der Waals surface area contributed by atoms with E-state index in [1.807, 2.05) is 6.07 Å². The van der Waals surface area contributed by atoms with E-state index in [1.54, 1.807) is 7.11 Å². The Morgan fingerprint density at radius 1 is 1.41 bits per heavy atom. The van der Waals surface area contributed by atoms with Crippen LogP contribution in [-0.2, 0) is 11.3 Å². The topological polar surface area (TPSA) is 61.8 Å². The van der Waals surface area contributed by atoms with Crippen LogP contribution in [0.4, 0.5) is 5.69 Å². The van der Waals surface area contributed by atoms with Gasteiger partial charge in [0.2, 0.25) is 0 Å². The van der Waals surface area contributed by atoms with Crippen LogP contribution in [-0.4, -0.2) is 37.8 Å². The van der Waals surface area contributed by atoms with Gasteiger partial charge in [-0.05, 0) is 36.5 Å². The zero-order valence-corrected chi connectivity index (χ0v) is 13.5. The second kappa shape index (κ2) is 8.03. The molecule has 0 unspecified atom stereocenters. The third kappa shape index (κ3) is 4.63. The number of ether oxygens (including phenoxy) is 1. The molecule has 1 saturated heterocycles. The number of hydrogen-bond donors (Lipinski definition) is 2. The predicted octanol–water partition coefficient (Wildman–Crippen LogP) is 2.50. The minimum Gasteiger partial charge on any atom is -0.495 e. The molecule has 0 radical (unpaired) electrons. The SMILES string of the molecule is COc1cc(CNCCC(=O)O)ccc1N1CCC(C)CC1. The molecule has 1 heterocycles. The molecule has 0 saturated carbocycles. The maximum Gasteiger partial charge on any atom is 0.304 e. The number of benzene rings is 1. The number of rotatable bonds is 7. The zero-order chi connectivity index (χ0) is 15.9. The summed E-state index contributed by atoms with van der Waals surface area (Å²) in [6, 6.07) is 6.24. The molecule has 2 N–H and O–H groups in total. The normalized spacial score (nSPS) is 15.8. The van der Waals surface area contributed by atoms with Crippen LogP contribution in [0.2, 0.25) is 0 Å². The lowest BCUT2D eigenvalue weighted by Gasteiger charge is -2.33. The molecule has 2 rings (SSSR count). The van der Waals surface area contributed by atoms with Crippen molar-refractivity contribution in [3.05, 3.63) is 23.8 Å². The van der Waals surface area contributed by atoms with Crippen LogP contribution in [0, 0.1) is 5.92 Å². The van der Waals surface area contributed by atoms with Gasteiger partial charge in [-0.1, -0.05) is 13.0 Å². The third-order valence-corrected chi connectivity index (χ3v) is 4.21. The second-order valence-corrected chi connectivity index (χ2v) is 6.00. The Morgan fingerprint density at radius 3 is 2.77 bits per heavy atom. The molecule has 1 aromatic carbocycles. The largest absolute Gasteiger partial charge is 0.495 e. The Labute approximate surface area is 132 Å². The van der Waals surface area contributed by atoms with Crippen molar-refractivity contribution >= 4 is 11.7 Å². The highest BCUT2D eigenvalue weighted by Gasteiger charge is 2.18. The molecule has 0 aliphatic carbocycles. The first kappa shape index (κ1) is 16.6. The summed E-state index contributed by atoms with van der Waals surface area (Å²) in [5, 5.41) is 11.8. The van der Waals surface area contributed by atoms with Gasteiger partial charge in [-0.3, -0.25) is 4.79 Å². The van der Waals surface area contributed by atoms with Gasteiger partial charge in [-0.25, -0.2) is 0 Å². The van der Waals surface area contributed by atoms with Crippen molar-refractivity contribution in [3.8, 4) is 5.75 Å². The van der Waals surface area contributed by atoms with E-state index in [0.717, 1.165) is 36.0 Å². The highest BCUT2D eigenvalue weighted by Crippen LogP contribution is 2.32. The first-order valence-corrected chi connectivity index (χ1v) is 7.94. The number of piperidine rings is 1. The molecular weight excluding hydrogens is 280 g/mol. The van der Waals surface area contributed by atoms with E-state index in [0.29, 0.717) is 13.1 Å². The standard InChI is InChI=1S/C17H26N2O3/c1-13-6-9-19(10-7-13)15-4-3-14(11-16(15)22-2)12-18-8-5-17(20)21/h3-4,11,13,18H,5-10,12H2,1-2H3,(H,20,21). The molecule has 122 valence electrons. The van der Waals surface area contributed by atoms with E-state index in [-0.39, 0.29) is 6.42 Å². The van der Waals surface area contributed by atoms with Crippen molar-refractivity contribution in [3.63, 3.8) is 0 Å². The van der Waals surface area contributed by atoms with E-state index in [9.17, 15) is 4.79 Å². The molecule has 0 amide bonds. The van der Waals surface area contributed by atoms with E-state index in [2.05, 4.69) is 29.3 Å². The fraction of sp³-hybridized carbons (Fsp3) is 0.588. The van der Waals surface area contributed by atoms with Crippen molar-refractivity contribution in [1.82, 2.24) is 5.32 Å². The number of carboxylic acids is 1. The average molecular weight is 306 g/mol. The maximum atomic E-state index is 10.5. The predicted molar refractivity (Wildman–Crippen MR) is 87.6 cm³/mol. The number of hydrogen-bond acceptors (Lipinski definition) is 4. The van der Waals surface area contributed by atoms with Gasteiger partial charge in [-0.2, -0.15) is 0 Å². The van der Waals surface area contributed by atoms with E-state index in [4.69, 9.17) is 9.84 Å². The molecule has 1 aliphatic rings. The van der Waals surface area contributed by atoms with Gasteiger partial charge in [0.25, 0.3) is 0 Å². The van der Waals surface area contributed by atoms with Gasteiger partial charge in [0, 0.05) is 26.2 Å². The van der Waals surface area contributed by atoms with Gasteiger partial charge in [0.15, 0.2) is 0 Å². The molecule has 5 nitrogen and oxygen atoms in total. The monoisotopic (exact) mass is 306 g/mol. The molecular formula is C17H26N2O3. The third-order valence-electron chi connectivity index (χ3n) is 4.21. The van der Waals surface area contributed by atoms with Crippen LogP contribution in [0.25, 0.3) is 0 Å². The molecule has 1 aliphatic heterocycles. The Kier molecular flexibility index (Phi) is 6.07. The van der Waals surface area contributed by atoms with Crippen molar-refractivity contribution in [2.24, 2.45) is 5.92 Å². The van der Waals surface area contributed by atoms with Crippen molar-refractivity contribution in [1.29, 1.82) is 0 Å². The summed E-state index contributed by atoms with van der Waals surface area (Å²) in [6.45, 7) is 5.59. The summed E-state index contributed by atoms with van der Waals surface area (Å²) in [5.41, 5.74) is 2.26. The number of nitrogens with one attached hydrogen (secondary N) is 1. The number of carbonyl (C=O) groups is 1. The summed E-state index contributed by atoms with van der Waals surface area (Å²) in [4.78, 5) is 12.9. The van der Waals surface area contributed by atoms with Crippen LogP contribution in [0.15, 0.2) is 18.2 Å². The Bertz CT molecular complexity index is 497. The van der Waals surface area contributed by atoms with Crippen molar-refractivity contribution in [2.45, 2.75) is 32.7 Å². The van der Waals surface area contributed by atoms with E-state index < -0.39 is 5.97 Å². The Balaban J connectivity index is 1.96. The smallest absolute Gasteiger partial charge is 0.304 e. The quantitative estimate of drug-likeness (QED) is 0.758. The molecule has 0 bridgehead atoms. The number of nitrogens with zero attached hydrogens (tertiary/aromatic N) is 1. The molecule has 1 aromatic rings. The van der Waals surface area contributed by atoms with E-state index >= 15 is 0 Å². The van der Waals surface area contributed by atoms with Gasteiger partial charge in [0.1, 0.15) is 5.75 Å². The number of carboxylic acid groups (broad SMARTS) is 1.